The van der Waals surface area contributed by atoms with Crippen LogP contribution in [0.5, 0.6) is 11.5 Å². The Kier molecular flexibility index (Phi) is 5.44. The highest BCUT2D eigenvalue weighted by atomic mass is 16.5. The minimum absolute atomic E-state index is 0.111. The molecule has 0 spiro atoms. The predicted octanol–water partition coefficient (Wildman–Crippen LogP) is 1.80. The van der Waals surface area contributed by atoms with Gasteiger partial charge in [-0.25, -0.2) is 0 Å². The number of methoxy groups -OCH3 is 2. The van der Waals surface area contributed by atoms with Crippen LogP contribution < -0.4 is 14.8 Å². The van der Waals surface area contributed by atoms with E-state index in [2.05, 4.69) is 17.1 Å². The van der Waals surface area contributed by atoms with Crippen molar-refractivity contribution in [2.24, 2.45) is 0 Å². The van der Waals surface area contributed by atoms with E-state index in [9.17, 15) is 4.79 Å². The maximum atomic E-state index is 11.9. The zero-order chi connectivity index (χ0) is 15.2. The van der Waals surface area contributed by atoms with Crippen LogP contribution >= 0.6 is 0 Å². The zero-order valence-electron chi connectivity index (χ0n) is 13.0. The van der Waals surface area contributed by atoms with E-state index in [1.54, 1.807) is 14.2 Å². The van der Waals surface area contributed by atoms with Gasteiger partial charge in [-0.3, -0.25) is 9.69 Å². The van der Waals surface area contributed by atoms with Gasteiger partial charge in [0.2, 0.25) is 5.91 Å². The number of amides is 1. The largest absolute Gasteiger partial charge is 0.493 e. The topological polar surface area (TPSA) is 50.8 Å². The van der Waals surface area contributed by atoms with Gasteiger partial charge in [0.15, 0.2) is 11.5 Å². The van der Waals surface area contributed by atoms with E-state index in [-0.39, 0.29) is 5.91 Å². The third kappa shape index (κ3) is 4.63. The smallest absolute Gasteiger partial charge is 0.234 e. The van der Waals surface area contributed by atoms with E-state index >= 15 is 0 Å². The Hall–Kier alpha value is -1.75. The third-order valence-electron chi connectivity index (χ3n) is 3.61. The molecule has 0 radical (unpaired) electrons. The van der Waals surface area contributed by atoms with Crippen molar-refractivity contribution in [2.75, 3.05) is 27.3 Å². The van der Waals surface area contributed by atoms with Crippen molar-refractivity contribution in [1.29, 1.82) is 0 Å². The molecule has 1 saturated carbocycles. The minimum atomic E-state index is 0.111. The molecule has 116 valence electrons. The lowest BCUT2D eigenvalue weighted by Crippen LogP contribution is -2.37. The number of nitrogens with one attached hydrogen (secondary N) is 1. The van der Waals surface area contributed by atoms with Gasteiger partial charge < -0.3 is 14.8 Å². The molecule has 2 rings (SSSR count). The molecule has 1 aliphatic carbocycles. The van der Waals surface area contributed by atoms with Crippen molar-refractivity contribution in [2.45, 2.75) is 32.4 Å². The average Bonchev–Trinajstić information content (AvgIpc) is 3.30. The Morgan fingerprint density at radius 2 is 2.00 bits per heavy atom. The molecule has 1 aliphatic rings. The summed E-state index contributed by atoms with van der Waals surface area (Å²) in [6, 6.07) is 6.27. The average molecular weight is 292 g/mol. The summed E-state index contributed by atoms with van der Waals surface area (Å²) in [5.41, 5.74) is 1.11. The van der Waals surface area contributed by atoms with Crippen LogP contribution in [0.2, 0.25) is 0 Å². The van der Waals surface area contributed by atoms with Gasteiger partial charge in [0.1, 0.15) is 0 Å². The quantitative estimate of drug-likeness (QED) is 0.794. The van der Waals surface area contributed by atoms with Gasteiger partial charge >= 0.3 is 0 Å². The predicted molar refractivity (Wildman–Crippen MR) is 81.7 cm³/mol. The lowest BCUT2D eigenvalue weighted by atomic mass is 10.2. The maximum Gasteiger partial charge on any atom is 0.234 e. The summed E-state index contributed by atoms with van der Waals surface area (Å²) in [6.45, 7) is 4.04. The first-order valence-electron chi connectivity index (χ1n) is 7.38. The Morgan fingerprint density at radius 1 is 1.29 bits per heavy atom. The fraction of sp³-hybridized carbons (Fsp3) is 0.562. The fourth-order valence-electron chi connectivity index (χ4n) is 2.22. The van der Waals surface area contributed by atoms with Crippen LogP contribution in [0.25, 0.3) is 0 Å². The SMILES string of the molecule is CCN(CC(=O)NC1CC1)Cc1ccc(OC)c(OC)c1. The Labute approximate surface area is 126 Å². The lowest BCUT2D eigenvalue weighted by Gasteiger charge is -2.20. The number of rotatable bonds is 8. The van der Waals surface area contributed by atoms with Crippen molar-refractivity contribution in [3.05, 3.63) is 23.8 Å². The van der Waals surface area contributed by atoms with E-state index in [1.807, 2.05) is 18.2 Å². The van der Waals surface area contributed by atoms with Crippen molar-refractivity contribution in [3.8, 4) is 11.5 Å². The second-order valence-corrected chi connectivity index (χ2v) is 5.33. The number of carbonyl (C=O) groups is 1. The van der Waals surface area contributed by atoms with Gasteiger partial charge in [-0.05, 0) is 37.1 Å². The molecule has 0 atom stereocenters. The van der Waals surface area contributed by atoms with Crippen molar-refractivity contribution < 1.29 is 14.3 Å². The highest BCUT2D eigenvalue weighted by molar-refractivity contribution is 5.78. The van der Waals surface area contributed by atoms with Crippen LogP contribution in [0.4, 0.5) is 0 Å². The maximum absolute atomic E-state index is 11.9. The molecule has 0 aromatic heterocycles. The number of ether oxygens (including phenoxy) is 2. The van der Waals surface area contributed by atoms with Crippen molar-refractivity contribution in [3.63, 3.8) is 0 Å². The molecule has 0 saturated heterocycles. The molecule has 5 heteroatoms. The Balaban J connectivity index is 1.95. The van der Waals surface area contributed by atoms with Gasteiger partial charge in [0.05, 0.1) is 20.8 Å². The number of likely N-dealkylation sites (N-methyl/N-ethyl adjacent to an activating group) is 1. The van der Waals surface area contributed by atoms with E-state index in [1.165, 1.54) is 0 Å². The first-order chi connectivity index (χ1) is 10.2. The third-order valence-corrected chi connectivity index (χ3v) is 3.61. The molecule has 5 nitrogen and oxygen atoms in total. The van der Waals surface area contributed by atoms with Crippen LogP contribution in [0.15, 0.2) is 18.2 Å². The molecular formula is C16H24N2O3. The van der Waals surface area contributed by atoms with Crippen LogP contribution in [0.3, 0.4) is 0 Å². The van der Waals surface area contributed by atoms with Crippen LogP contribution in [0, 0.1) is 0 Å². The summed E-state index contributed by atoms with van der Waals surface area (Å²) < 4.78 is 10.5. The highest BCUT2D eigenvalue weighted by Gasteiger charge is 2.23. The first-order valence-corrected chi connectivity index (χ1v) is 7.38. The summed E-state index contributed by atoms with van der Waals surface area (Å²) in [6.07, 6.45) is 2.24. The zero-order valence-corrected chi connectivity index (χ0v) is 13.0. The van der Waals surface area contributed by atoms with Crippen LogP contribution in [0.1, 0.15) is 25.3 Å². The summed E-state index contributed by atoms with van der Waals surface area (Å²) >= 11 is 0. The molecule has 1 fully saturated rings. The summed E-state index contributed by atoms with van der Waals surface area (Å²) in [5, 5.41) is 3.02. The number of hydrogen-bond donors (Lipinski definition) is 1. The summed E-state index contributed by atoms with van der Waals surface area (Å²) in [7, 11) is 3.25. The molecule has 1 N–H and O–H groups in total. The monoisotopic (exact) mass is 292 g/mol. The van der Waals surface area contributed by atoms with Gasteiger partial charge in [-0.2, -0.15) is 0 Å². The standard InChI is InChI=1S/C16H24N2O3/c1-4-18(11-16(19)17-13-6-7-13)10-12-5-8-14(20-2)15(9-12)21-3/h5,8-9,13H,4,6-7,10-11H2,1-3H3,(H,17,19). The van der Waals surface area contributed by atoms with E-state index in [4.69, 9.17) is 9.47 Å². The number of carbonyl (C=O) groups excluding carboxylic acids is 1. The van der Waals surface area contributed by atoms with E-state index in [0.29, 0.717) is 18.3 Å². The normalized spacial score (nSPS) is 14.1. The van der Waals surface area contributed by atoms with Gasteiger partial charge in [0.25, 0.3) is 0 Å². The Morgan fingerprint density at radius 3 is 2.57 bits per heavy atom. The fourth-order valence-corrected chi connectivity index (χ4v) is 2.22. The van der Waals surface area contributed by atoms with Crippen molar-refractivity contribution >= 4 is 5.91 Å². The van der Waals surface area contributed by atoms with Gasteiger partial charge in [-0.15, -0.1) is 0 Å². The molecule has 1 aromatic rings. The molecule has 0 unspecified atom stereocenters. The van der Waals surface area contributed by atoms with Crippen LogP contribution in [-0.4, -0.2) is 44.2 Å². The molecule has 0 aliphatic heterocycles. The molecular weight excluding hydrogens is 268 g/mol. The number of hydrogen-bond acceptors (Lipinski definition) is 4. The summed E-state index contributed by atoms with van der Waals surface area (Å²) in [5.74, 6) is 1.55. The molecule has 1 aromatic carbocycles. The molecule has 0 heterocycles. The number of nitrogens with zero attached hydrogens (tertiary/aromatic N) is 1. The molecule has 21 heavy (non-hydrogen) atoms. The minimum Gasteiger partial charge on any atom is -0.493 e. The number of benzene rings is 1. The molecule has 1 amide bonds. The summed E-state index contributed by atoms with van der Waals surface area (Å²) in [4.78, 5) is 14.0. The second kappa shape index (κ2) is 7.31. The highest BCUT2D eigenvalue weighted by Crippen LogP contribution is 2.28. The van der Waals surface area contributed by atoms with Crippen molar-refractivity contribution in [1.82, 2.24) is 10.2 Å². The van der Waals surface area contributed by atoms with Crippen LogP contribution in [-0.2, 0) is 11.3 Å². The Bertz CT molecular complexity index is 486. The van der Waals surface area contributed by atoms with E-state index < -0.39 is 0 Å². The second-order valence-electron chi connectivity index (χ2n) is 5.33. The molecule has 0 bridgehead atoms. The van der Waals surface area contributed by atoms with Gasteiger partial charge in [-0.1, -0.05) is 13.0 Å². The van der Waals surface area contributed by atoms with E-state index in [0.717, 1.165) is 37.2 Å². The first kappa shape index (κ1) is 15.6. The lowest BCUT2D eigenvalue weighted by molar-refractivity contribution is -0.122. The van der Waals surface area contributed by atoms with Gasteiger partial charge in [0, 0.05) is 12.6 Å².